The molecule has 0 aliphatic heterocycles. The highest BCUT2D eigenvalue weighted by atomic mass is 16.5. The van der Waals surface area contributed by atoms with Gasteiger partial charge in [0, 0.05) is 11.6 Å². The van der Waals surface area contributed by atoms with E-state index in [0.717, 1.165) is 33.3 Å². The van der Waals surface area contributed by atoms with Crippen molar-refractivity contribution >= 4 is 28.5 Å². The lowest BCUT2D eigenvalue weighted by molar-refractivity contribution is -0.125. The Bertz CT molecular complexity index is 1630. The van der Waals surface area contributed by atoms with Crippen molar-refractivity contribution < 1.29 is 19.1 Å². The predicted octanol–water partition coefficient (Wildman–Crippen LogP) is 6.68. The zero-order valence-corrected chi connectivity index (χ0v) is 23.2. The first-order chi connectivity index (χ1) is 20.0. The Kier molecular flexibility index (Phi) is 8.39. The summed E-state index contributed by atoms with van der Waals surface area (Å²) in [5.74, 6) is 0.256. The third-order valence-corrected chi connectivity index (χ3v) is 7.37. The third-order valence-electron chi connectivity index (χ3n) is 7.37. The standard InChI is InChI=1S/C35H32N2O4/c1-40-30-19-15-27(16-20-30)24-35(22-25-8-4-3-5-9-25,23-26-13-17-29(18-14-26)33(38)41-2)34(39)37-31-12-6-10-28-11-7-21-36-32(28)31/h3-21H,22-24H2,1-2H3,(H,37,39). The van der Waals surface area contributed by atoms with Gasteiger partial charge < -0.3 is 14.8 Å². The molecule has 41 heavy (non-hydrogen) atoms. The molecule has 5 aromatic rings. The molecule has 0 aliphatic carbocycles. The monoisotopic (exact) mass is 544 g/mol. The summed E-state index contributed by atoms with van der Waals surface area (Å²) in [6, 6.07) is 34.8. The highest BCUT2D eigenvalue weighted by Gasteiger charge is 2.39. The molecule has 206 valence electrons. The van der Waals surface area contributed by atoms with Gasteiger partial charge in [-0.05, 0) is 72.4 Å². The molecule has 5 rings (SSSR count). The number of fused-ring (bicyclic) bond motifs is 1. The lowest BCUT2D eigenvalue weighted by Gasteiger charge is -2.34. The number of esters is 1. The molecule has 0 saturated heterocycles. The summed E-state index contributed by atoms with van der Waals surface area (Å²) in [5, 5.41) is 4.20. The Morgan fingerprint density at radius 1 is 0.707 bits per heavy atom. The second kappa shape index (κ2) is 12.5. The fraction of sp³-hybridized carbons (Fsp3) is 0.171. The minimum absolute atomic E-state index is 0.104. The number of anilines is 1. The number of nitrogens with zero attached hydrogens (tertiary/aromatic N) is 1. The van der Waals surface area contributed by atoms with E-state index >= 15 is 0 Å². The number of carbonyl (C=O) groups is 2. The van der Waals surface area contributed by atoms with Crippen molar-refractivity contribution in [3.63, 3.8) is 0 Å². The van der Waals surface area contributed by atoms with E-state index in [1.165, 1.54) is 7.11 Å². The van der Waals surface area contributed by atoms with Crippen molar-refractivity contribution in [1.29, 1.82) is 0 Å². The molecule has 6 heteroatoms. The second-order valence-corrected chi connectivity index (χ2v) is 10.2. The predicted molar refractivity (Wildman–Crippen MR) is 161 cm³/mol. The van der Waals surface area contributed by atoms with Crippen LogP contribution in [0.2, 0.25) is 0 Å². The first-order valence-electron chi connectivity index (χ1n) is 13.5. The Hall–Kier alpha value is -4.97. The Morgan fingerprint density at radius 2 is 1.32 bits per heavy atom. The summed E-state index contributed by atoms with van der Waals surface area (Å²) in [5.41, 5.74) is 4.00. The van der Waals surface area contributed by atoms with Crippen molar-refractivity contribution in [2.24, 2.45) is 5.41 Å². The molecule has 1 heterocycles. The Balaban J connectivity index is 1.59. The molecule has 4 aromatic carbocycles. The van der Waals surface area contributed by atoms with Crippen LogP contribution in [0.15, 0.2) is 115 Å². The van der Waals surface area contributed by atoms with Gasteiger partial charge in [-0.2, -0.15) is 0 Å². The summed E-state index contributed by atoms with van der Waals surface area (Å²) in [6.07, 6.45) is 3.16. The fourth-order valence-electron chi connectivity index (χ4n) is 5.28. The van der Waals surface area contributed by atoms with Crippen LogP contribution >= 0.6 is 0 Å². The van der Waals surface area contributed by atoms with Gasteiger partial charge in [-0.3, -0.25) is 9.78 Å². The molecule has 1 atom stereocenters. The topological polar surface area (TPSA) is 77.5 Å². The molecule has 1 amide bonds. The van der Waals surface area contributed by atoms with Crippen molar-refractivity contribution in [2.75, 3.05) is 19.5 Å². The number of benzene rings is 4. The van der Waals surface area contributed by atoms with Crippen molar-refractivity contribution in [3.8, 4) is 5.75 Å². The summed E-state index contributed by atoms with van der Waals surface area (Å²) >= 11 is 0. The maximum Gasteiger partial charge on any atom is 0.337 e. The highest BCUT2D eigenvalue weighted by Crippen LogP contribution is 2.35. The number of hydrogen-bond acceptors (Lipinski definition) is 5. The smallest absolute Gasteiger partial charge is 0.337 e. The molecular formula is C35H32N2O4. The number of rotatable bonds is 10. The van der Waals surface area contributed by atoms with E-state index < -0.39 is 11.4 Å². The van der Waals surface area contributed by atoms with Gasteiger partial charge in [0.25, 0.3) is 0 Å². The normalized spacial score (nSPS) is 12.3. The zero-order valence-electron chi connectivity index (χ0n) is 23.2. The van der Waals surface area contributed by atoms with Gasteiger partial charge in [0.05, 0.1) is 36.4 Å². The van der Waals surface area contributed by atoms with E-state index in [0.29, 0.717) is 30.5 Å². The highest BCUT2D eigenvalue weighted by molar-refractivity contribution is 6.02. The average molecular weight is 545 g/mol. The fourth-order valence-corrected chi connectivity index (χ4v) is 5.28. The molecule has 0 aliphatic rings. The molecule has 0 spiro atoms. The van der Waals surface area contributed by atoms with Crippen LogP contribution in [-0.4, -0.2) is 31.1 Å². The minimum Gasteiger partial charge on any atom is -0.497 e. The number of amides is 1. The Labute approximate surface area is 240 Å². The Morgan fingerprint density at radius 3 is 1.95 bits per heavy atom. The number of aromatic nitrogens is 1. The van der Waals surface area contributed by atoms with E-state index in [-0.39, 0.29) is 5.91 Å². The third kappa shape index (κ3) is 6.44. The summed E-state index contributed by atoms with van der Waals surface area (Å²) in [6.45, 7) is 0. The summed E-state index contributed by atoms with van der Waals surface area (Å²) in [4.78, 5) is 31.2. The number of para-hydroxylation sites is 1. The maximum absolute atomic E-state index is 14.6. The van der Waals surface area contributed by atoms with Crippen molar-refractivity contribution in [2.45, 2.75) is 19.3 Å². The van der Waals surface area contributed by atoms with Crippen LogP contribution in [0.1, 0.15) is 27.0 Å². The minimum atomic E-state index is -0.875. The first kappa shape index (κ1) is 27.6. The number of ether oxygens (including phenoxy) is 2. The van der Waals surface area contributed by atoms with E-state index in [1.807, 2.05) is 84.9 Å². The van der Waals surface area contributed by atoms with E-state index in [9.17, 15) is 9.59 Å². The van der Waals surface area contributed by atoms with Crippen LogP contribution in [-0.2, 0) is 28.8 Å². The number of carbonyl (C=O) groups excluding carboxylic acids is 2. The number of methoxy groups -OCH3 is 2. The summed E-state index contributed by atoms with van der Waals surface area (Å²) in [7, 11) is 3.00. The lowest BCUT2D eigenvalue weighted by atomic mass is 9.71. The van der Waals surface area contributed by atoms with Gasteiger partial charge >= 0.3 is 5.97 Å². The molecule has 0 fully saturated rings. The van der Waals surface area contributed by atoms with Crippen LogP contribution in [0.5, 0.6) is 5.75 Å². The van der Waals surface area contributed by atoms with Gasteiger partial charge in [0.2, 0.25) is 5.91 Å². The molecule has 0 saturated carbocycles. The second-order valence-electron chi connectivity index (χ2n) is 10.2. The molecule has 1 unspecified atom stereocenters. The maximum atomic E-state index is 14.6. The lowest BCUT2D eigenvalue weighted by Crippen LogP contribution is -2.42. The van der Waals surface area contributed by atoms with Crippen molar-refractivity contribution in [1.82, 2.24) is 4.98 Å². The van der Waals surface area contributed by atoms with Gasteiger partial charge in [-0.1, -0.05) is 72.8 Å². The zero-order chi connectivity index (χ0) is 28.7. The molecule has 0 bridgehead atoms. The SMILES string of the molecule is COC(=O)c1ccc(CC(Cc2ccccc2)(Cc2ccc(OC)cc2)C(=O)Nc2cccc3cccnc23)cc1. The van der Waals surface area contributed by atoms with E-state index in [4.69, 9.17) is 9.47 Å². The number of hydrogen-bond donors (Lipinski definition) is 1. The van der Waals surface area contributed by atoms with Gasteiger partial charge in [-0.15, -0.1) is 0 Å². The van der Waals surface area contributed by atoms with Gasteiger partial charge in [0.15, 0.2) is 0 Å². The summed E-state index contributed by atoms with van der Waals surface area (Å²) < 4.78 is 10.2. The quantitative estimate of drug-likeness (QED) is 0.198. The largest absolute Gasteiger partial charge is 0.497 e. The average Bonchev–Trinajstić information content (AvgIpc) is 3.02. The van der Waals surface area contributed by atoms with Crippen LogP contribution in [0.4, 0.5) is 5.69 Å². The van der Waals surface area contributed by atoms with Gasteiger partial charge in [-0.25, -0.2) is 4.79 Å². The molecule has 0 radical (unpaired) electrons. The van der Waals surface area contributed by atoms with Crippen LogP contribution < -0.4 is 10.1 Å². The van der Waals surface area contributed by atoms with Crippen molar-refractivity contribution in [3.05, 3.63) is 138 Å². The number of nitrogens with one attached hydrogen (secondary N) is 1. The first-order valence-corrected chi connectivity index (χ1v) is 13.5. The van der Waals surface area contributed by atoms with Gasteiger partial charge in [0.1, 0.15) is 5.75 Å². The molecule has 1 aromatic heterocycles. The van der Waals surface area contributed by atoms with Crippen LogP contribution in [0, 0.1) is 5.41 Å². The molecule has 1 N–H and O–H groups in total. The van der Waals surface area contributed by atoms with Crippen LogP contribution in [0.25, 0.3) is 10.9 Å². The van der Waals surface area contributed by atoms with E-state index in [2.05, 4.69) is 22.4 Å². The van der Waals surface area contributed by atoms with Crippen LogP contribution in [0.3, 0.4) is 0 Å². The molecule has 6 nitrogen and oxygen atoms in total. The molecular weight excluding hydrogens is 512 g/mol. The number of pyridine rings is 1. The van der Waals surface area contributed by atoms with E-state index in [1.54, 1.807) is 25.4 Å².